The minimum absolute atomic E-state index is 0.00675. The Balaban J connectivity index is 2.59. The first-order valence-electron chi connectivity index (χ1n) is 5.52. The van der Waals surface area contributed by atoms with Crippen molar-refractivity contribution in [3.8, 4) is 0 Å². The fourth-order valence-electron chi connectivity index (χ4n) is 1.70. The van der Waals surface area contributed by atoms with Crippen molar-refractivity contribution in [2.45, 2.75) is 0 Å². The predicted molar refractivity (Wildman–Crippen MR) is 74.8 cm³/mol. The van der Waals surface area contributed by atoms with Gasteiger partial charge in [0.1, 0.15) is 5.69 Å². The number of rotatable bonds is 4. The van der Waals surface area contributed by atoms with Gasteiger partial charge in [-0.05, 0) is 18.2 Å². The Labute approximate surface area is 118 Å². The van der Waals surface area contributed by atoms with Crippen molar-refractivity contribution >= 4 is 34.6 Å². The summed E-state index contributed by atoms with van der Waals surface area (Å²) in [7, 11) is 0. The van der Waals surface area contributed by atoms with Gasteiger partial charge in [0.15, 0.2) is 0 Å². The van der Waals surface area contributed by atoms with Crippen molar-refractivity contribution in [1.29, 1.82) is 0 Å². The quantitative estimate of drug-likeness (QED) is 0.662. The van der Waals surface area contributed by atoms with E-state index in [4.69, 9.17) is 16.7 Å². The number of benzene rings is 2. The summed E-state index contributed by atoms with van der Waals surface area (Å²) in [6, 6.07) is 10.9. The molecule has 0 heterocycles. The standard InChI is InChI=1S/C13H9ClN2O4/c14-8-6-10(13(17)18)12(11(7-8)16(19)20)15-9-4-2-1-3-5-9/h1-7,15H,(H,17,18). The third kappa shape index (κ3) is 2.86. The van der Waals surface area contributed by atoms with Gasteiger partial charge in [0.2, 0.25) is 0 Å². The number of hydrogen-bond acceptors (Lipinski definition) is 4. The molecule has 0 saturated heterocycles. The van der Waals surface area contributed by atoms with E-state index in [0.29, 0.717) is 5.69 Å². The number of nitrogens with zero attached hydrogens (tertiary/aromatic N) is 1. The van der Waals surface area contributed by atoms with Crippen LogP contribution in [0.1, 0.15) is 10.4 Å². The Kier molecular flexibility index (Phi) is 3.86. The number of nitro groups is 1. The molecule has 0 aliphatic rings. The van der Waals surface area contributed by atoms with E-state index in [2.05, 4.69) is 5.32 Å². The number of nitro benzene ring substituents is 1. The monoisotopic (exact) mass is 292 g/mol. The summed E-state index contributed by atoms with van der Waals surface area (Å²) in [5.74, 6) is -1.30. The van der Waals surface area contributed by atoms with E-state index in [-0.39, 0.29) is 16.3 Å². The molecule has 20 heavy (non-hydrogen) atoms. The van der Waals surface area contributed by atoms with Crippen LogP contribution in [0.2, 0.25) is 5.02 Å². The Morgan fingerprint density at radius 2 is 1.90 bits per heavy atom. The Bertz CT molecular complexity index is 638. The molecule has 0 saturated carbocycles. The summed E-state index contributed by atoms with van der Waals surface area (Å²) >= 11 is 5.72. The second kappa shape index (κ2) is 5.58. The van der Waals surface area contributed by atoms with Gasteiger partial charge in [-0.1, -0.05) is 29.8 Å². The van der Waals surface area contributed by atoms with Crippen LogP contribution in [0.4, 0.5) is 17.1 Å². The molecule has 0 unspecified atom stereocenters. The average Bonchev–Trinajstić information content (AvgIpc) is 2.41. The number of halogens is 1. The molecule has 2 N–H and O–H groups in total. The number of carboxylic acids is 1. The van der Waals surface area contributed by atoms with Gasteiger partial charge in [-0.2, -0.15) is 0 Å². The van der Waals surface area contributed by atoms with Crippen molar-refractivity contribution in [1.82, 2.24) is 0 Å². The second-order valence-electron chi connectivity index (χ2n) is 3.90. The molecular weight excluding hydrogens is 284 g/mol. The van der Waals surface area contributed by atoms with Gasteiger partial charge in [0, 0.05) is 16.8 Å². The van der Waals surface area contributed by atoms with Gasteiger partial charge in [-0.15, -0.1) is 0 Å². The smallest absolute Gasteiger partial charge is 0.338 e. The van der Waals surface area contributed by atoms with E-state index < -0.39 is 16.6 Å². The third-order valence-electron chi connectivity index (χ3n) is 2.55. The molecule has 0 spiro atoms. The molecule has 7 heteroatoms. The molecule has 0 aromatic heterocycles. The van der Waals surface area contributed by atoms with Crippen LogP contribution in [0.5, 0.6) is 0 Å². The Morgan fingerprint density at radius 1 is 1.25 bits per heavy atom. The van der Waals surface area contributed by atoms with Crippen LogP contribution in [-0.4, -0.2) is 16.0 Å². The van der Waals surface area contributed by atoms with Crippen LogP contribution in [0.15, 0.2) is 42.5 Å². The minimum Gasteiger partial charge on any atom is -0.478 e. The molecule has 0 amide bonds. The Morgan fingerprint density at radius 3 is 2.45 bits per heavy atom. The second-order valence-corrected chi connectivity index (χ2v) is 4.34. The van der Waals surface area contributed by atoms with Crippen molar-refractivity contribution in [2.24, 2.45) is 0 Å². The van der Waals surface area contributed by atoms with Gasteiger partial charge in [-0.3, -0.25) is 10.1 Å². The molecule has 0 bridgehead atoms. The third-order valence-corrected chi connectivity index (χ3v) is 2.77. The largest absolute Gasteiger partial charge is 0.478 e. The maximum absolute atomic E-state index is 11.2. The maximum Gasteiger partial charge on any atom is 0.338 e. The lowest BCUT2D eigenvalue weighted by atomic mass is 10.1. The zero-order valence-electron chi connectivity index (χ0n) is 10.0. The summed E-state index contributed by atoms with van der Waals surface area (Å²) in [4.78, 5) is 21.6. The van der Waals surface area contributed by atoms with Crippen molar-refractivity contribution < 1.29 is 14.8 Å². The van der Waals surface area contributed by atoms with E-state index in [0.717, 1.165) is 6.07 Å². The van der Waals surface area contributed by atoms with Crippen LogP contribution >= 0.6 is 11.6 Å². The van der Waals surface area contributed by atoms with Crippen LogP contribution < -0.4 is 5.32 Å². The zero-order valence-corrected chi connectivity index (χ0v) is 10.8. The number of nitrogens with one attached hydrogen (secondary N) is 1. The van der Waals surface area contributed by atoms with E-state index in [9.17, 15) is 14.9 Å². The highest BCUT2D eigenvalue weighted by atomic mass is 35.5. The fraction of sp³-hybridized carbons (Fsp3) is 0. The van der Waals surface area contributed by atoms with Gasteiger partial charge in [-0.25, -0.2) is 4.79 Å². The number of anilines is 2. The summed E-state index contributed by atoms with van der Waals surface area (Å²) in [6.45, 7) is 0. The maximum atomic E-state index is 11.2. The van der Waals surface area contributed by atoms with Crippen LogP contribution in [0.25, 0.3) is 0 Å². The van der Waals surface area contributed by atoms with Crippen LogP contribution in [0, 0.1) is 10.1 Å². The molecule has 0 aliphatic carbocycles. The summed E-state index contributed by atoms with van der Waals surface area (Å²) < 4.78 is 0. The van der Waals surface area contributed by atoms with Gasteiger partial charge >= 0.3 is 5.97 Å². The van der Waals surface area contributed by atoms with Crippen molar-refractivity contribution in [3.63, 3.8) is 0 Å². The molecule has 0 atom stereocenters. The molecule has 2 aromatic carbocycles. The van der Waals surface area contributed by atoms with Crippen molar-refractivity contribution in [3.05, 3.63) is 63.2 Å². The highest BCUT2D eigenvalue weighted by Gasteiger charge is 2.23. The van der Waals surface area contributed by atoms with Gasteiger partial charge in [0.25, 0.3) is 5.69 Å². The molecule has 2 aromatic rings. The summed E-state index contributed by atoms with van der Waals surface area (Å²) in [6.07, 6.45) is 0. The van der Waals surface area contributed by atoms with E-state index >= 15 is 0 Å². The van der Waals surface area contributed by atoms with E-state index in [1.165, 1.54) is 6.07 Å². The predicted octanol–water partition coefficient (Wildman–Crippen LogP) is 3.69. The van der Waals surface area contributed by atoms with Crippen LogP contribution in [0.3, 0.4) is 0 Å². The molecule has 2 rings (SSSR count). The van der Waals surface area contributed by atoms with Crippen LogP contribution in [-0.2, 0) is 0 Å². The molecule has 0 aliphatic heterocycles. The lowest BCUT2D eigenvalue weighted by Gasteiger charge is -2.10. The zero-order chi connectivity index (χ0) is 14.7. The lowest BCUT2D eigenvalue weighted by Crippen LogP contribution is -2.06. The van der Waals surface area contributed by atoms with Gasteiger partial charge in [0.05, 0.1) is 10.5 Å². The van der Waals surface area contributed by atoms with E-state index in [1.54, 1.807) is 30.3 Å². The molecule has 0 fully saturated rings. The van der Waals surface area contributed by atoms with Gasteiger partial charge < -0.3 is 10.4 Å². The molecule has 0 radical (unpaired) electrons. The topological polar surface area (TPSA) is 92.5 Å². The number of para-hydroxylation sites is 1. The molecule has 102 valence electrons. The number of carbonyl (C=O) groups is 1. The van der Waals surface area contributed by atoms with E-state index in [1.807, 2.05) is 0 Å². The summed E-state index contributed by atoms with van der Waals surface area (Å²) in [5.41, 5.74) is -0.203. The average molecular weight is 293 g/mol. The highest BCUT2D eigenvalue weighted by Crippen LogP contribution is 2.34. The normalized spacial score (nSPS) is 10.1. The lowest BCUT2D eigenvalue weighted by molar-refractivity contribution is -0.383. The first-order chi connectivity index (χ1) is 9.49. The molecular formula is C13H9ClN2O4. The number of hydrogen-bond donors (Lipinski definition) is 2. The minimum atomic E-state index is -1.30. The molecule has 6 nitrogen and oxygen atoms in total. The SMILES string of the molecule is O=C(O)c1cc(Cl)cc([N+](=O)[O-])c1Nc1ccccc1. The first-order valence-corrected chi connectivity index (χ1v) is 5.90. The highest BCUT2D eigenvalue weighted by molar-refractivity contribution is 6.31. The van der Waals surface area contributed by atoms with Crippen molar-refractivity contribution in [2.75, 3.05) is 5.32 Å². The fourth-order valence-corrected chi connectivity index (χ4v) is 1.91. The Hall–Kier alpha value is -2.60. The number of carboxylic acid groups (broad SMARTS) is 1. The summed E-state index contributed by atoms with van der Waals surface area (Å²) in [5, 5.41) is 22.9. The first kappa shape index (κ1) is 13.8. The number of aromatic carboxylic acids is 1.